The highest BCUT2D eigenvalue weighted by atomic mass is 16.7. The van der Waals surface area contributed by atoms with Gasteiger partial charge in [0.25, 0.3) is 0 Å². The predicted octanol–water partition coefficient (Wildman–Crippen LogP) is 1.97. The minimum atomic E-state index is -0.811. The molecule has 5 nitrogen and oxygen atoms in total. The standard InChI is InChI=1S/C16H20O5/c1-3-19-15(18)11(2)9-14-13(17)10-20-16(21-14)12-7-5-4-6-8-12/h4-9,13-14,16-17H,3,10H2,1-2H3/b11-9+/t13-,14+,16-/m1/s1. The second-order valence-corrected chi connectivity index (χ2v) is 4.81. The third-order valence-corrected chi connectivity index (χ3v) is 3.16. The van der Waals surface area contributed by atoms with E-state index in [2.05, 4.69) is 0 Å². The number of benzene rings is 1. The van der Waals surface area contributed by atoms with Crippen molar-refractivity contribution in [2.24, 2.45) is 0 Å². The summed E-state index contributed by atoms with van der Waals surface area (Å²) in [5, 5.41) is 9.95. The largest absolute Gasteiger partial charge is 0.463 e. The number of esters is 1. The van der Waals surface area contributed by atoms with Gasteiger partial charge in [-0.05, 0) is 19.9 Å². The Morgan fingerprint density at radius 1 is 1.43 bits per heavy atom. The number of carbonyl (C=O) groups is 1. The van der Waals surface area contributed by atoms with Gasteiger partial charge in [0.05, 0.1) is 13.2 Å². The van der Waals surface area contributed by atoms with Crippen LogP contribution in [0.25, 0.3) is 0 Å². The molecule has 1 N–H and O–H groups in total. The van der Waals surface area contributed by atoms with Crippen molar-refractivity contribution in [3.05, 3.63) is 47.5 Å². The van der Waals surface area contributed by atoms with E-state index in [0.717, 1.165) is 5.56 Å². The van der Waals surface area contributed by atoms with E-state index in [0.29, 0.717) is 12.2 Å². The first-order valence-corrected chi connectivity index (χ1v) is 6.97. The Morgan fingerprint density at radius 2 is 2.14 bits per heavy atom. The second-order valence-electron chi connectivity index (χ2n) is 4.81. The smallest absolute Gasteiger partial charge is 0.333 e. The van der Waals surface area contributed by atoms with Crippen molar-refractivity contribution < 1.29 is 24.1 Å². The Bertz CT molecular complexity index is 497. The molecule has 0 aliphatic carbocycles. The van der Waals surface area contributed by atoms with Crippen LogP contribution in [-0.2, 0) is 19.0 Å². The van der Waals surface area contributed by atoms with Crippen molar-refractivity contribution in [2.75, 3.05) is 13.2 Å². The minimum absolute atomic E-state index is 0.150. The van der Waals surface area contributed by atoms with Gasteiger partial charge in [0, 0.05) is 11.1 Å². The fourth-order valence-electron chi connectivity index (χ4n) is 2.05. The molecule has 1 heterocycles. The van der Waals surface area contributed by atoms with E-state index in [1.165, 1.54) is 0 Å². The van der Waals surface area contributed by atoms with Crippen LogP contribution >= 0.6 is 0 Å². The summed E-state index contributed by atoms with van der Waals surface area (Å²) < 4.78 is 16.1. The molecule has 0 unspecified atom stereocenters. The SMILES string of the molecule is CCOC(=O)/C(C)=C/[C@@H]1O[C@H](c2ccccc2)OC[C@H]1O. The Hall–Kier alpha value is -1.69. The van der Waals surface area contributed by atoms with Crippen LogP contribution < -0.4 is 0 Å². The van der Waals surface area contributed by atoms with E-state index < -0.39 is 24.5 Å². The van der Waals surface area contributed by atoms with Crippen molar-refractivity contribution in [1.29, 1.82) is 0 Å². The summed E-state index contributed by atoms with van der Waals surface area (Å²) in [6, 6.07) is 9.47. The molecule has 1 saturated heterocycles. The van der Waals surface area contributed by atoms with Crippen LogP contribution in [0.15, 0.2) is 42.0 Å². The summed E-state index contributed by atoms with van der Waals surface area (Å²) in [5.41, 5.74) is 1.28. The monoisotopic (exact) mass is 292 g/mol. The van der Waals surface area contributed by atoms with Crippen molar-refractivity contribution >= 4 is 5.97 Å². The molecule has 1 aromatic carbocycles. The van der Waals surface area contributed by atoms with Gasteiger partial charge in [-0.3, -0.25) is 0 Å². The molecule has 114 valence electrons. The molecule has 1 aliphatic heterocycles. The first-order chi connectivity index (χ1) is 10.1. The van der Waals surface area contributed by atoms with Gasteiger partial charge >= 0.3 is 5.97 Å². The summed E-state index contributed by atoms with van der Waals surface area (Å²) in [5.74, 6) is -0.406. The van der Waals surface area contributed by atoms with Gasteiger partial charge in [0.15, 0.2) is 6.29 Å². The maximum Gasteiger partial charge on any atom is 0.333 e. The highest BCUT2D eigenvalue weighted by Crippen LogP contribution is 2.27. The lowest BCUT2D eigenvalue weighted by molar-refractivity contribution is -0.244. The Balaban J connectivity index is 2.08. The maximum atomic E-state index is 11.6. The van der Waals surface area contributed by atoms with E-state index >= 15 is 0 Å². The summed E-state index contributed by atoms with van der Waals surface area (Å²) in [6.07, 6.45) is -0.380. The number of hydrogen-bond acceptors (Lipinski definition) is 5. The van der Waals surface area contributed by atoms with Gasteiger partial charge in [0.1, 0.15) is 12.2 Å². The third-order valence-electron chi connectivity index (χ3n) is 3.16. The molecule has 2 rings (SSSR count). The number of ether oxygens (including phenoxy) is 3. The molecular formula is C16H20O5. The Labute approximate surface area is 124 Å². The zero-order chi connectivity index (χ0) is 15.2. The Morgan fingerprint density at radius 3 is 2.81 bits per heavy atom. The minimum Gasteiger partial charge on any atom is -0.463 e. The average molecular weight is 292 g/mol. The summed E-state index contributed by atoms with van der Waals surface area (Å²) >= 11 is 0. The van der Waals surface area contributed by atoms with Crippen LogP contribution in [0, 0.1) is 0 Å². The second kappa shape index (κ2) is 7.36. The molecule has 0 saturated carbocycles. The summed E-state index contributed by atoms with van der Waals surface area (Å²) in [7, 11) is 0. The van der Waals surface area contributed by atoms with Gasteiger partial charge in [-0.15, -0.1) is 0 Å². The molecule has 0 bridgehead atoms. The predicted molar refractivity (Wildman–Crippen MR) is 76.4 cm³/mol. The molecular weight excluding hydrogens is 272 g/mol. The molecule has 0 aromatic heterocycles. The lowest BCUT2D eigenvalue weighted by Gasteiger charge is -2.32. The first kappa shape index (κ1) is 15.7. The van der Waals surface area contributed by atoms with Crippen LogP contribution in [0.3, 0.4) is 0 Å². The summed E-state index contributed by atoms with van der Waals surface area (Å²) in [6.45, 7) is 3.85. The fourth-order valence-corrected chi connectivity index (χ4v) is 2.05. The molecule has 1 aromatic rings. The molecule has 3 atom stereocenters. The molecule has 1 fully saturated rings. The number of rotatable bonds is 4. The number of hydrogen-bond donors (Lipinski definition) is 1. The van der Waals surface area contributed by atoms with Crippen LogP contribution in [0.5, 0.6) is 0 Å². The van der Waals surface area contributed by atoms with Crippen molar-refractivity contribution in [2.45, 2.75) is 32.3 Å². The zero-order valence-corrected chi connectivity index (χ0v) is 12.2. The molecule has 21 heavy (non-hydrogen) atoms. The first-order valence-electron chi connectivity index (χ1n) is 6.97. The summed E-state index contributed by atoms with van der Waals surface area (Å²) in [4.78, 5) is 11.6. The number of aliphatic hydroxyl groups excluding tert-OH is 1. The molecule has 0 spiro atoms. The van der Waals surface area contributed by atoms with Gasteiger partial charge in [0.2, 0.25) is 0 Å². The zero-order valence-electron chi connectivity index (χ0n) is 12.2. The van der Waals surface area contributed by atoms with Crippen molar-refractivity contribution in [3.63, 3.8) is 0 Å². The number of aliphatic hydroxyl groups is 1. The molecule has 1 aliphatic rings. The molecule has 0 amide bonds. The lowest BCUT2D eigenvalue weighted by Crippen LogP contribution is -2.39. The highest BCUT2D eigenvalue weighted by molar-refractivity contribution is 5.87. The molecule has 0 radical (unpaired) electrons. The van der Waals surface area contributed by atoms with Crippen LogP contribution in [-0.4, -0.2) is 36.5 Å². The van der Waals surface area contributed by atoms with Crippen LogP contribution in [0.2, 0.25) is 0 Å². The van der Waals surface area contributed by atoms with Crippen molar-refractivity contribution in [1.82, 2.24) is 0 Å². The topological polar surface area (TPSA) is 65.0 Å². The average Bonchev–Trinajstić information content (AvgIpc) is 2.50. The third kappa shape index (κ3) is 4.14. The van der Waals surface area contributed by atoms with Crippen LogP contribution in [0.1, 0.15) is 25.7 Å². The van der Waals surface area contributed by atoms with E-state index in [9.17, 15) is 9.90 Å². The van der Waals surface area contributed by atoms with E-state index in [1.54, 1.807) is 19.9 Å². The van der Waals surface area contributed by atoms with Crippen LogP contribution in [0.4, 0.5) is 0 Å². The normalized spacial score (nSPS) is 26.4. The highest BCUT2D eigenvalue weighted by Gasteiger charge is 2.30. The van der Waals surface area contributed by atoms with E-state index in [4.69, 9.17) is 14.2 Å². The quantitative estimate of drug-likeness (QED) is 0.679. The van der Waals surface area contributed by atoms with Gasteiger partial charge in [-0.1, -0.05) is 30.3 Å². The van der Waals surface area contributed by atoms with Gasteiger partial charge < -0.3 is 19.3 Å². The lowest BCUT2D eigenvalue weighted by atomic mass is 10.1. The number of carbonyl (C=O) groups excluding carboxylic acids is 1. The fraction of sp³-hybridized carbons (Fsp3) is 0.438. The maximum absolute atomic E-state index is 11.6. The van der Waals surface area contributed by atoms with E-state index in [1.807, 2.05) is 30.3 Å². The van der Waals surface area contributed by atoms with Crippen molar-refractivity contribution in [3.8, 4) is 0 Å². The van der Waals surface area contributed by atoms with Gasteiger partial charge in [-0.2, -0.15) is 0 Å². The molecule has 5 heteroatoms. The van der Waals surface area contributed by atoms with Gasteiger partial charge in [-0.25, -0.2) is 4.79 Å². The Kier molecular flexibility index (Phi) is 5.50. The van der Waals surface area contributed by atoms with E-state index in [-0.39, 0.29) is 6.61 Å².